The van der Waals surface area contributed by atoms with Crippen LogP contribution in [0, 0.1) is 0 Å². The Kier molecular flexibility index (Phi) is 6.46. The zero-order chi connectivity index (χ0) is 18.4. The number of aliphatic hydroxyl groups excluding tert-OH is 1. The van der Waals surface area contributed by atoms with E-state index in [2.05, 4.69) is 5.32 Å². The lowest BCUT2D eigenvalue weighted by Gasteiger charge is -2.27. The number of benzene rings is 1. The van der Waals surface area contributed by atoms with Crippen LogP contribution in [0.3, 0.4) is 0 Å². The Bertz CT molecular complexity index is 605. The number of nitrogens with zero attached hydrogens (tertiary/aromatic N) is 1. The highest BCUT2D eigenvalue weighted by Crippen LogP contribution is 2.18. The van der Waals surface area contributed by atoms with E-state index in [1.807, 2.05) is 0 Å². The summed E-state index contributed by atoms with van der Waals surface area (Å²) >= 11 is 0. The van der Waals surface area contributed by atoms with Crippen molar-refractivity contribution < 1.29 is 24.2 Å². The summed E-state index contributed by atoms with van der Waals surface area (Å²) in [5.41, 5.74) is 0.601. The van der Waals surface area contributed by atoms with Gasteiger partial charge in [-0.1, -0.05) is 0 Å². The molecule has 1 aromatic carbocycles. The molecule has 0 spiro atoms. The Labute approximate surface area is 153 Å². The number of morpholine rings is 1. The van der Waals surface area contributed by atoms with Gasteiger partial charge in [-0.15, -0.1) is 0 Å². The van der Waals surface area contributed by atoms with Gasteiger partial charge in [-0.3, -0.25) is 9.59 Å². The molecule has 3 rings (SSSR count). The average Bonchev–Trinajstić information content (AvgIpc) is 2.69. The van der Waals surface area contributed by atoms with E-state index in [1.54, 1.807) is 29.2 Å². The second kappa shape index (κ2) is 9.00. The first-order valence-corrected chi connectivity index (χ1v) is 9.19. The Hall–Kier alpha value is -2.12. The van der Waals surface area contributed by atoms with Gasteiger partial charge in [0.15, 0.2) is 6.61 Å². The Morgan fingerprint density at radius 3 is 2.42 bits per heavy atom. The van der Waals surface area contributed by atoms with Crippen LogP contribution in [-0.4, -0.2) is 66.9 Å². The van der Waals surface area contributed by atoms with Crippen molar-refractivity contribution in [2.75, 3.05) is 32.9 Å². The summed E-state index contributed by atoms with van der Waals surface area (Å²) in [6.45, 7) is 2.30. The maximum absolute atomic E-state index is 12.4. The third kappa shape index (κ3) is 5.19. The van der Waals surface area contributed by atoms with E-state index in [0.29, 0.717) is 37.6 Å². The molecule has 0 unspecified atom stereocenters. The summed E-state index contributed by atoms with van der Waals surface area (Å²) < 4.78 is 10.8. The molecule has 1 aliphatic heterocycles. The summed E-state index contributed by atoms with van der Waals surface area (Å²) in [4.78, 5) is 26.1. The van der Waals surface area contributed by atoms with Crippen molar-refractivity contribution in [1.29, 1.82) is 0 Å². The molecule has 2 aliphatic rings. The number of hydrogen-bond acceptors (Lipinski definition) is 5. The van der Waals surface area contributed by atoms with E-state index >= 15 is 0 Å². The van der Waals surface area contributed by atoms with Gasteiger partial charge in [0, 0.05) is 24.7 Å². The number of aliphatic hydroxyl groups is 1. The maximum Gasteiger partial charge on any atom is 0.258 e. The van der Waals surface area contributed by atoms with E-state index < -0.39 is 0 Å². The van der Waals surface area contributed by atoms with Crippen molar-refractivity contribution >= 4 is 11.8 Å². The highest BCUT2D eigenvalue weighted by molar-refractivity contribution is 5.94. The molecular formula is C19H26N2O5. The Morgan fingerprint density at radius 1 is 1.12 bits per heavy atom. The lowest BCUT2D eigenvalue weighted by molar-refractivity contribution is -0.124. The van der Waals surface area contributed by atoms with Gasteiger partial charge in [-0.2, -0.15) is 0 Å². The first-order chi connectivity index (χ1) is 12.6. The molecule has 1 aliphatic carbocycles. The molecular weight excluding hydrogens is 336 g/mol. The number of carbonyl (C=O) groups excluding carboxylic acids is 2. The number of ether oxygens (including phenoxy) is 2. The van der Waals surface area contributed by atoms with Crippen LogP contribution in [0.1, 0.15) is 36.0 Å². The van der Waals surface area contributed by atoms with Crippen LogP contribution in [0.25, 0.3) is 0 Å². The van der Waals surface area contributed by atoms with E-state index in [9.17, 15) is 14.7 Å². The van der Waals surface area contributed by atoms with E-state index in [0.717, 1.165) is 25.7 Å². The number of amides is 2. The van der Waals surface area contributed by atoms with E-state index in [1.165, 1.54) is 0 Å². The summed E-state index contributed by atoms with van der Waals surface area (Å²) in [6, 6.07) is 6.96. The van der Waals surface area contributed by atoms with Crippen molar-refractivity contribution in [1.82, 2.24) is 10.2 Å². The van der Waals surface area contributed by atoms with E-state index in [4.69, 9.17) is 9.47 Å². The maximum atomic E-state index is 12.4. The molecule has 1 saturated carbocycles. The zero-order valence-electron chi connectivity index (χ0n) is 14.9. The van der Waals surface area contributed by atoms with Crippen LogP contribution in [0.15, 0.2) is 24.3 Å². The summed E-state index contributed by atoms with van der Waals surface area (Å²) in [6.07, 6.45) is 2.81. The zero-order valence-corrected chi connectivity index (χ0v) is 14.9. The topological polar surface area (TPSA) is 88.1 Å². The highest BCUT2D eigenvalue weighted by Gasteiger charge is 2.21. The number of nitrogens with one attached hydrogen (secondary N) is 1. The van der Waals surface area contributed by atoms with Crippen molar-refractivity contribution in [2.45, 2.75) is 37.8 Å². The van der Waals surface area contributed by atoms with Gasteiger partial charge in [0.2, 0.25) is 0 Å². The van der Waals surface area contributed by atoms with Crippen molar-refractivity contribution in [2.24, 2.45) is 0 Å². The third-order valence-electron chi connectivity index (χ3n) is 4.83. The highest BCUT2D eigenvalue weighted by atomic mass is 16.5. The third-order valence-corrected chi connectivity index (χ3v) is 4.83. The fraction of sp³-hybridized carbons (Fsp3) is 0.579. The standard InChI is InChI=1S/C19H26N2O5/c22-16-5-3-15(4-6-16)20-18(23)13-26-17-7-1-14(2-8-17)19(24)21-9-11-25-12-10-21/h1-2,7-8,15-16,22H,3-6,9-13H2,(H,20,23). The van der Waals surface area contributed by atoms with Crippen molar-refractivity contribution in [3.05, 3.63) is 29.8 Å². The predicted molar refractivity (Wildman–Crippen MR) is 95.1 cm³/mol. The fourth-order valence-corrected chi connectivity index (χ4v) is 3.28. The van der Waals surface area contributed by atoms with Gasteiger partial charge in [-0.05, 0) is 49.9 Å². The number of hydrogen-bond donors (Lipinski definition) is 2. The second-order valence-corrected chi connectivity index (χ2v) is 6.79. The molecule has 2 amide bonds. The predicted octanol–water partition coefficient (Wildman–Crippen LogP) is 0.957. The summed E-state index contributed by atoms with van der Waals surface area (Å²) in [5.74, 6) is 0.370. The molecule has 1 saturated heterocycles. The van der Waals surface area contributed by atoms with E-state index in [-0.39, 0.29) is 30.6 Å². The van der Waals surface area contributed by atoms with Crippen molar-refractivity contribution in [3.8, 4) is 5.75 Å². The number of carbonyl (C=O) groups is 2. The monoisotopic (exact) mass is 362 g/mol. The molecule has 2 N–H and O–H groups in total. The first-order valence-electron chi connectivity index (χ1n) is 9.19. The van der Waals surface area contributed by atoms with Gasteiger partial charge in [0.25, 0.3) is 11.8 Å². The van der Waals surface area contributed by atoms with Crippen LogP contribution in [0.4, 0.5) is 0 Å². The fourth-order valence-electron chi connectivity index (χ4n) is 3.28. The summed E-state index contributed by atoms with van der Waals surface area (Å²) in [5, 5.41) is 12.4. The van der Waals surface area contributed by atoms with Gasteiger partial charge in [0.1, 0.15) is 5.75 Å². The summed E-state index contributed by atoms with van der Waals surface area (Å²) in [7, 11) is 0. The average molecular weight is 362 g/mol. The molecule has 26 heavy (non-hydrogen) atoms. The van der Waals surface area contributed by atoms with Crippen LogP contribution in [0.2, 0.25) is 0 Å². The van der Waals surface area contributed by atoms with Gasteiger partial charge in [-0.25, -0.2) is 0 Å². The minimum atomic E-state index is -0.238. The van der Waals surface area contributed by atoms with Crippen LogP contribution in [-0.2, 0) is 9.53 Å². The lowest BCUT2D eigenvalue weighted by Crippen LogP contribution is -2.41. The second-order valence-electron chi connectivity index (χ2n) is 6.79. The lowest BCUT2D eigenvalue weighted by atomic mass is 9.93. The van der Waals surface area contributed by atoms with Crippen LogP contribution in [0.5, 0.6) is 5.75 Å². The molecule has 0 bridgehead atoms. The Morgan fingerprint density at radius 2 is 1.77 bits per heavy atom. The largest absolute Gasteiger partial charge is 0.484 e. The van der Waals surface area contributed by atoms with Gasteiger partial charge < -0.3 is 24.8 Å². The minimum Gasteiger partial charge on any atom is -0.484 e. The SMILES string of the molecule is O=C(COc1ccc(C(=O)N2CCOCC2)cc1)NC1CCC(O)CC1. The molecule has 0 radical (unpaired) electrons. The first kappa shape index (κ1) is 18.7. The number of rotatable bonds is 5. The molecule has 2 fully saturated rings. The Balaban J connectivity index is 1.43. The molecule has 7 nitrogen and oxygen atoms in total. The van der Waals surface area contributed by atoms with Crippen LogP contribution < -0.4 is 10.1 Å². The molecule has 0 aromatic heterocycles. The smallest absolute Gasteiger partial charge is 0.258 e. The molecule has 1 aromatic rings. The quantitative estimate of drug-likeness (QED) is 0.815. The van der Waals surface area contributed by atoms with Gasteiger partial charge in [0.05, 0.1) is 19.3 Å². The normalized spacial score (nSPS) is 23.3. The molecule has 0 atom stereocenters. The molecule has 1 heterocycles. The minimum absolute atomic E-state index is 0.0166. The van der Waals surface area contributed by atoms with Gasteiger partial charge >= 0.3 is 0 Å². The van der Waals surface area contributed by atoms with Crippen molar-refractivity contribution in [3.63, 3.8) is 0 Å². The van der Waals surface area contributed by atoms with Crippen LogP contribution >= 0.6 is 0 Å². The molecule has 7 heteroatoms. The molecule has 142 valence electrons.